The highest BCUT2D eigenvalue weighted by molar-refractivity contribution is 5.42. The summed E-state index contributed by atoms with van der Waals surface area (Å²) in [6.45, 7) is 2.90. The number of hydrogen-bond acceptors (Lipinski definition) is 2. The number of rotatable bonds is 2. The van der Waals surface area contributed by atoms with Crippen molar-refractivity contribution in [2.45, 2.75) is 26.6 Å². The van der Waals surface area contributed by atoms with Gasteiger partial charge in [-0.3, -0.25) is 0 Å². The minimum Gasteiger partial charge on any atom is -0.392 e. The molecule has 1 aromatic carbocycles. The first-order chi connectivity index (χ1) is 8.82. The third-order valence-electron chi connectivity index (χ3n) is 2.82. The van der Waals surface area contributed by atoms with Crippen LogP contribution in [0.25, 0.3) is 5.69 Å². The van der Waals surface area contributed by atoms with Crippen LogP contribution in [0.1, 0.15) is 22.5 Å². The second kappa shape index (κ2) is 4.70. The van der Waals surface area contributed by atoms with Crippen LogP contribution in [-0.4, -0.2) is 14.9 Å². The Kier molecular flexibility index (Phi) is 3.36. The first-order valence-electron chi connectivity index (χ1n) is 5.67. The summed E-state index contributed by atoms with van der Waals surface area (Å²) in [5.74, 6) is 0. The fourth-order valence-corrected chi connectivity index (χ4v) is 1.99. The van der Waals surface area contributed by atoms with Crippen LogP contribution in [0.5, 0.6) is 0 Å². The molecule has 0 spiro atoms. The largest absolute Gasteiger partial charge is 0.416 e. The summed E-state index contributed by atoms with van der Waals surface area (Å²) >= 11 is 0. The predicted molar refractivity (Wildman–Crippen MR) is 64.0 cm³/mol. The van der Waals surface area contributed by atoms with Crippen molar-refractivity contribution in [3.63, 3.8) is 0 Å². The van der Waals surface area contributed by atoms with Gasteiger partial charge in [-0.15, -0.1) is 0 Å². The third kappa shape index (κ3) is 2.63. The number of halogens is 3. The zero-order valence-electron chi connectivity index (χ0n) is 10.5. The lowest BCUT2D eigenvalue weighted by Crippen LogP contribution is -2.11. The molecular formula is C13H13F3N2O. The molecule has 0 saturated heterocycles. The number of nitrogens with zero attached hydrogens (tertiary/aromatic N) is 2. The van der Waals surface area contributed by atoms with Gasteiger partial charge in [0.2, 0.25) is 0 Å². The third-order valence-corrected chi connectivity index (χ3v) is 2.82. The maximum atomic E-state index is 12.9. The Morgan fingerprint density at radius 3 is 2.37 bits per heavy atom. The average molecular weight is 270 g/mol. The lowest BCUT2D eigenvalue weighted by molar-refractivity contribution is -0.138. The molecule has 0 unspecified atom stereocenters. The Bertz CT molecular complexity index is 602. The van der Waals surface area contributed by atoms with Crippen molar-refractivity contribution in [1.82, 2.24) is 9.78 Å². The van der Waals surface area contributed by atoms with E-state index in [1.165, 1.54) is 16.8 Å². The lowest BCUT2D eigenvalue weighted by Gasteiger charge is -2.13. The Morgan fingerprint density at radius 2 is 1.89 bits per heavy atom. The van der Waals surface area contributed by atoms with Gasteiger partial charge < -0.3 is 5.11 Å². The Hall–Kier alpha value is -1.82. The van der Waals surface area contributed by atoms with Crippen molar-refractivity contribution in [3.05, 3.63) is 46.8 Å². The van der Waals surface area contributed by atoms with Gasteiger partial charge in [0.25, 0.3) is 0 Å². The van der Waals surface area contributed by atoms with Gasteiger partial charge in [0.1, 0.15) is 0 Å². The van der Waals surface area contributed by atoms with Crippen molar-refractivity contribution in [2.75, 3.05) is 0 Å². The first-order valence-corrected chi connectivity index (χ1v) is 5.67. The quantitative estimate of drug-likeness (QED) is 0.911. The Balaban J connectivity index is 2.58. The second-order valence-corrected chi connectivity index (χ2v) is 4.34. The molecule has 0 radical (unpaired) electrons. The summed E-state index contributed by atoms with van der Waals surface area (Å²) < 4.78 is 40.1. The van der Waals surface area contributed by atoms with E-state index in [-0.39, 0.29) is 5.56 Å². The van der Waals surface area contributed by atoms with Gasteiger partial charge in [-0.2, -0.15) is 18.3 Å². The van der Waals surface area contributed by atoms with Crippen molar-refractivity contribution < 1.29 is 18.3 Å². The number of alkyl halides is 3. The lowest BCUT2D eigenvalue weighted by atomic mass is 10.1. The summed E-state index contributed by atoms with van der Waals surface area (Å²) in [7, 11) is 0. The number of aromatic nitrogens is 2. The van der Waals surface area contributed by atoms with Gasteiger partial charge in [0.15, 0.2) is 0 Å². The van der Waals surface area contributed by atoms with E-state index in [0.29, 0.717) is 5.69 Å². The molecule has 3 nitrogen and oxygen atoms in total. The fraction of sp³-hybridized carbons (Fsp3) is 0.308. The van der Waals surface area contributed by atoms with Crippen molar-refractivity contribution in [1.29, 1.82) is 0 Å². The molecule has 0 aliphatic carbocycles. The van der Waals surface area contributed by atoms with E-state index in [1.54, 1.807) is 19.9 Å². The fourth-order valence-electron chi connectivity index (χ4n) is 1.99. The molecule has 0 aliphatic heterocycles. The molecule has 2 aromatic rings. The first kappa shape index (κ1) is 13.6. The molecule has 0 aliphatic rings. The van der Waals surface area contributed by atoms with Gasteiger partial charge >= 0.3 is 6.18 Å². The molecule has 1 heterocycles. The zero-order chi connectivity index (χ0) is 14.2. The van der Waals surface area contributed by atoms with Gasteiger partial charge in [-0.1, -0.05) is 6.07 Å². The van der Waals surface area contributed by atoms with E-state index in [4.69, 9.17) is 5.11 Å². The molecule has 102 valence electrons. The summed E-state index contributed by atoms with van der Waals surface area (Å²) in [5.41, 5.74) is 0.840. The van der Waals surface area contributed by atoms with Crippen molar-refractivity contribution in [2.24, 2.45) is 0 Å². The van der Waals surface area contributed by atoms with Crippen molar-refractivity contribution >= 4 is 0 Å². The molecular weight excluding hydrogens is 257 g/mol. The van der Waals surface area contributed by atoms with Crippen LogP contribution < -0.4 is 0 Å². The summed E-state index contributed by atoms with van der Waals surface area (Å²) in [4.78, 5) is 0. The number of aliphatic hydroxyl groups excluding tert-OH is 1. The molecule has 0 bridgehead atoms. The van der Waals surface area contributed by atoms with Gasteiger partial charge in [0.05, 0.1) is 23.6 Å². The van der Waals surface area contributed by atoms with Crippen LogP contribution in [0.4, 0.5) is 13.2 Å². The highest BCUT2D eigenvalue weighted by Gasteiger charge is 2.33. The SMILES string of the molecule is Cc1cc(C)n(-c2ccc(CO)c(C(F)(F)F)c2)n1. The number of aliphatic hydroxyl groups is 1. The van der Waals surface area contributed by atoms with Crippen LogP contribution in [-0.2, 0) is 12.8 Å². The molecule has 6 heteroatoms. The Labute approximate surface area is 108 Å². The minimum atomic E-state index is -4.50. The van der Waals surface area contributed by atoms with Crippen LogP contribution in [0.15, 0.2) is 24.3 Å². The number of hydrogen-bond donors (Lipinski definition) is 1. The molecule has 1 N–H and O–H groups in total. The zero-order valence-corrected chi connectivity index (χ0v) is 10.5. The normalized spacial score (nSPS) is 11.9. The van der Waals surface area contributed by atoms with E-state index in [2.05, 4.69) is 5.10 Å². The predicted octanol–water partition coefficient (Wildman–Crippen LogP) is 3.00. The van der Waals surface area contributed by atoms with E-state index >= 15 is 0 Å². The maximum absolute atomic E-state index is 12.9. The topological polar surface area (TPSA) is 38.0 Å². The van der Waals surface area contributed by atoms with Crippen LogP contribution in [0.2, 0.25) is 0 Å². The molecule has 1 aromatic heterocycles. The standard InChI is InChI=1S/C13H13F3N2O/c1-8-5-9(2)18(17-8)11-4-3-10(7-19)12(6-11)13(14,15)16/h3-6,19H,7H2,1-2H3. The van der Waals surface area contributed by atoms with Gasteiger partial charge in [-0.25, -0.2) is 4.68 Å². The molecule has 0 fully saturated rings. The minimum absolute atomic E-state index is 0.141. The van der Waals surface area contributed by atoms with Crippen LogP contribution >= 0.6 is 0 Å². The summed E-state index contributed by atoms with van der Waals surface area (Å²) in [6, 6.07) is 5.58. The van der Waals surface area contributed by atoms with Crippen LogP contribution in [0.3, 0.4) is 0 Å². The molecule has 0 amide bonds. The Morgan fingerprint density at radius 1 is 1.21 bits per heavy atom. The van der Waals surface area contributed by atoms with Gasteiger partial charge in [-0.05, 0) is 37.6 Å². The summed E-state index contributed by atoms with van der Waals surface area (Å²) in [6.07, 6.45) is -4.50. The van der Waals surface area contributed by atoms with Crippen molar-refractivity contribution in [3.8, 4) is 5.69 Å². The summed E-state index contributed by atoms with van der Waals surface area (Å²) in [5, 5.41) is 13.1. The van der Waals surface area contributed by atoms with Crippen LogP contribution in [0, 0.1) is 13.8 Å². The second-order valence-electron chi connectivity index (χ2n) is 4.34. The van der Waals surface area contributed by atoms with E-state index in [0.717, 1.165) is 17.5 Å². The molecule has 19 heavy (non-hydrogen) atoms. The monoisotopic (exact) mass is 270 g/mol. The van der Waals surface area contributed by atoms with E-state index in [1.807, 2.05) is 0 Å². The van der Waals surface area contributed by atoms with Gasteiger partial charge in [0, 0.05) is 5.69 Å². The smallest absolute Gasteiger partial charge is 0.392 e. The maximum Gasteiger partial charge on any atom is 0.416 e. The molecule has 0 saturated carbocycles. The number of benzene rings is 1. The highest BCUT2D eigenvalue weighted by Crippen LogP contribution is 2.33. The highest BCUT2D eigenvalue weighted by atomic mass is 19.4. The molecule has 2 rings (SSSR count). The van der Waals surface area contributed by atoms with E-state index in [9.17, 15) is 13.2 Å². The average Bonchev–Trinajstić information content (AvgIpc) is 2.66. The van der Waals surface area contributed by atoms with E-state index < -0.39 is 18.3 Å². The molecule has 0 atom stereocenters. The number of aryl methyl sites for hydroxylation is 2.